The molecular weight excluding hydrogens is 355 g/mol. The SMILES string of the molecule is CCOP(=O)(OC1=C(c2ccccc2C)C(=O)CC(C)(C)C1)C(C)=S. The number of aryl methyl sites for hydroxylation is 1. The zero-order valence-electron chi connectivity index (χ0n) is 15.4. The van der Waals surface area contributed by atoms with Gasteiger partial charge in [0.25, 0.3) is 0 Å². The van der Waals surface area contributed by atoms with Gasteiger partial charge in [-0.3, -0.25) is 9.32 Å². The summed E-state index contributed by atoms with van der Waals surface area (Å²) >= 11 is 5.11. The fraction of sp³-hybridized carbons (Fsp3) is 0.474. The molecule has 0 fully saturated rings. The Labute approximate surface area is 155 Å². The lowest BCUT2D eigenvalue weighted by Crippen LogP contribution is -2.26. The van der Waals surface area contributed by atoms with Gasteiger partial charge in [0, 0.05) is 12.8 Å². The lowest BCUT2D eigenvalue weighted by molar-refractivity contribution is -0.116. The van der Waals surface area contributed by atoms with E-state index in [0.717, 1.165) is 11.1 Å². The van der Waals surface area contributed by atoms with Gasteiger partial charge in [0.15, 0.2) is 5.78 Å². The van der Waals surface area contributed by atoms with Crippen LogP contribution in [-0.2, 0) is 18.4 Å². The maximum absolute atomic E-state index is 13.0. The highest BCUT2D eigenvalue weighted by molar-refractivity contribution is 7.97. The minimum Gasteiger partial charge on any atom is -0.425 e. The molecule has 0 N–H and O–H groups in total. The third-order valence-corrected chi connectivity index (χ3v) is 6.67. The maximum Gasteiger partial charge on any atom is 0.416 e. The van der Waals surface area contributed by atoms with E-state index in [2.05, 4.69) is 0 Å². The Morgan fingerprint density at radius 2 is 1.92 bits per heavy atom. The van der Waals surface area contributed by atoms with Crippen LogP contribution in [0.4, 0.5) is 0 Å². The molecule has 1 unspecified atom stereocenters. The summed E-state index contributed by atoms with van der Waals surface area (Å²) in [6.45, 7) is 9.45. The van der Waals surface area contributed by atoms with E-state index in [1.165, 1.54) is 0 Å². The fourth-order valence-electron chi connectivity index (χ4n) is 2.99. The van der Waals surface area contributed by atoms with Crippen molar-refractivity contribution in [1.29, 1.82) is 0 Å². The first kappa shape index (κ1) is 20.0. The van der Waals surface area contributed by atoms with Crippen LogP contribution in [0.5, 0.6) is 0 Å². The standard InChI is InChI=1S/C19H25O4PS/c1-6-22-24(21,14(3)25)23-17-12-19(4,5)11-16(20)18(17)15-10-8-7-9-13(15)2/h7-10H,6,11-12H2,1-5H3. The predicted molar refractivity (Wildman–Crippen MR) is 105 cm³/mol. The first-order chi connectivity index (χ1) is 11.6. The molecule has 136 valence electrons. The number of thiocarbonyl (C=S) groups is 1. The van der Waals surface area contributed by atoms with Gasteiger partial charge in [-0.05, 0) is 37.3 Å². The number of hydrogen-bond acceptors (Lipinski definition) is 5. The average Bonchev–Trinajstić information content (AvgIpc) is 2.47. The number of hydrogen-bond donors (Lipinski definition) is 0. The summed E-state index contributed by atoms with van der Waals surface area (Å²) < 4.78 is 24.4. The zero-order chi connectivity index (χ0) is 18.8. The molecule has 0 saturated carbocycles. The first-order valence-corrected chi connectivity index (χ1v) is 10.3. The molecule has 1 aliphatic carbocycles. The first-order valence-electron chi connectivity index (χ1n) is 8.37. The molecule has 0 radical (unpaired) electrons. The van der Waals surface area contributed by atoms with Gasteiger partial charge in [0.05, 0.1) is 12.2 Å². The Morgan fingerprint density at radius 1 is 1.28 bits per heavy atom. The summed E-state index contributed by atoms with van der Waals surface area (Å²) in [5.41, 5.74) is 2.00. The quantitative estimate of drug-likeness (QED) is 0.469. The summed E-state index contributed by atoms with van der Waals surface area (Å²) in [7, 11) is -3.59. The van der Waals surface area contributed by atoms with E-state index < -0.39 is 7.60 Å². The monoisotopic (exact) mass is 380 g/mol. The fourth-order valence-corrected chi connectivity index (χ4v) is 4.41. The van der Waals surface area contributed by atoms with Crippen LogP contribution in [-0.4, -0.2) is 17.0 Å². The molecule has 0 aromatic heterocycles. The van der Waals surface area contributed by atoms with Crippen LogP contribution in [0.15, 0.2) is 30.0 Å². The average molecular weight is 380 g/mol. The number of allylic oxidation sites excluding steroid dienone is 2. The topological polar surface area (TPSA) is 52.6 Å². The van der Waals surface area contributed by atoms with E-state index in [0.29, 0.717) is 24.2 Å². The molecule has 0 bridgehead atoms. The second-order valence-electron chi connectivity index (χ2n) is 7.08. The number of carbonyl (C=O) groups is 1. The van der Waals surface area contributed by atoms with Gasteiger partial charge in [-0.15, -0.1) is 0 Å². The Morgan fingerprint density at radius 3 is 2.48 bits per heavy atom. The Hall–Kier alpha value is -1.29. The molecule has 0 saturated heterocycles. The molecule has 1 aromatic carbocycles. The van der Waals surface area contributed by atoms with E-state index in [1.807, 2.05) is 45.0 Å². The molecule has 0 aliphatic heterocycles. The molecule has 6 heteroatoms. The third kappa shape index (κ3) is 4.46. The molecule has 1 atom stereocenters. The second-order valence-corrected chi connectivity index (χ2v) is 10.1. The van der Waals surface area contributed by atoms with Crippen molar-refractivity contribution < 1.29 is 18.4 Å². The van der Waals surface area contributed by atoms with E-state index >= 15 is 0 Å². The summed E-state index contributed by atoms with van der Waals surface area (Å²) in [4.78, 5) is 12.9. The van der Waals surface area contributed by atoms with Crippen LogP contribution in [0, 0.1) is 12.3 Å². The molecule has 4 nitrogen and oxygen atoms in total. The highest BCUT2D eigenvalue weighted by Crippen LogP contribution is 2.55. The number of benzene rings is 1. The summed E-state index contributed by atoms with van der Waals surface area (Å²) in [5.74, 6) is 0.405. The predicted octanol–water partition coefficient (Wildman–Crippen LogP) is 5.69. The summed E-state index contributed by atoms with van der Waals surface area (Å²) in [6.07, 6.45) is 0.918. The van der Waals surface area contributed by atoms with Crippen molar-refractivity contribution in [3.05, 3.63) is 41.2 Å². The molecule has 25 heavy (non-hydrogen) atoms. The van der Waals surface area contributed by atoms with Crippen LogP contribution < -0.4 is 0 Å². The van der Waals surface area contributed by atoms with Crippen LogP contribution >= 0.6 is 19.8 Å². The Bertz CT molecular complexity index is 779. The molecular formula is C19H25O4PS. The van der Waals surface area contributed by atoms with Crippen molar-refractivity contribution in [2.45, 2.75) is 47.5 Å². The minimum atomic E-state index is -3.59. The lowest BCUT2D eigenvalue weighted by atomic mass is 9.75. The van der Waals surface area contributed by atoms with Gasteiger partial charge in [0.1, 0.15) is 10.4 Å². The normalized spacial score (nSPS) is 19.5. The van der Waals surface area contributed by atoms with Crippen LogP contribution in [0.3, 0.4) is 0 Å². The van der Waals surface area contributed by atoms with Gasteiger partial charge in [-0.2, -0.15) is 0 Å². The number of rotatable bonds is 6. The van der Waals surface area contributed by atoms with Gasteiger partial charge < -0.3 is 4.52 Å². The van der Waals surface area contributed by atoms with E-state index in [9.17, 15) is 9.36 Å². The molecule has 0 spiro atoms. The van der Waals surface area contributed by atoms with E-state index in [1.54, 1.807) is 13.8 Å². The number of ketones is 1. The number of Topliss-reactive ketones (excluding diaryl/α,β-unsaturated/α-hetero) is 1. The Balaban J connectivity index is 2.62. The summed E-state index contributed by atoms with van der Waals surface area (Å²) in [5, 5.41) is 0. The largest absolute Gasteiger partial charge is 0.425 e. The minimum absolute atomic E-state index is 0.00869. The van der Waals surface area contributed by atoms with Gasteiger partial charge in [0.2, 0.25) is 0 Å². The van der Waals surface area contributed by atoms with Gasteiger partial charge >= 0.3 is 7.60 Å². The molecule has 0 amide bonds. The number of carbonyl (C=O) groups excluding carboxylic acids is 1. The van der Waals surface area contributed by atoms with Crippen LogP contribution in [0.2, 0.25) is 0 Å². The van der Waals surface area contributed by atoms with Crippen molar-refractivity contribution in [2.75, 3.05) is 6.61 Å². The van der Waals surface area contributed by atoms with Crippen molar-refractivity contribution in [2.24, 2.45) is 5.41 Å². The summed E-state index contributed by atoms with van der Waals surface area (Å²) in [6, 6.07) is 7.63. The highest BCUT2D eigenvalue weighted by atomic mass is 32.1. The second kappa shape index (κ2) is 7.53. The highest BCUT2D eigenvalue weighted by Gasteiger charge is 2.39. The molecule has 2 rings (SSSR count). The van der Waals surface area contributed by atoms with Crippen molar-refractivity contribution >= 4 is 35.8 Å². The molecule has 1 aromatic rings. The third-order valence-electron chi connectivity index (χ3n) is 4.17. The van der Waals surface area contributed by atoms with Crippen molar-refractivity contribution in [3.8, 4) is 0 Å². The van der Waals surface area contributed by atoms with Crippen LogP contribution in [0.25, 0.3) is 5.57 Å². The van der Waals surface area contributed by atoms with Crippen molar-refractivity contribution in [1.82, 2.24) is 0 Å². The van der Waals surface area contributed by atoms with Gasteiger partial charge in [-0.25, -0.2) is 4.57 Å². The van der Waals surface area contributed by atoms with Crippen LogP contribution in [0.1, 0.15) is 51.7 Å². The van der Waals surface area contributed by atoms with E-state index in [-0.39, 0.29) is 22.4 Å². The molecule has 1 aliphatic rings. The Kier molecular flexibility index (Phi) is 6.03. The van der Waals surface area contributed by atoms with Crippen molar-refractivity contribution in [3.63, 3.8) is 0 Å². The zero-order valence-corrected chi connectivity index (χ0v) is 17.1. The van der Waals surface area contributed by atoms with Gasteiger partial charge in [-0.1, -0.05) is 50.3 Å². The van der Waals surface area contributed by atoms with E-state index in [4.69, 9.17) is 21.3 Å². The lowest BCUT2D eigenvalue weighted by Gasteiger charge is -2.33. The molecule has 0 heterocycles. The smallest absolute Gasteiger partial charge is 0.416 e. The maximum atomic E-state index is 13.0.